The molecule has 0 spiro atoms. The fraction of sp³-hybridized carbons (Fsp3) is 0.432. The van der Waals surface area contributed by atoms with Crippen LogP contribution in [0.1, 0.15) is 52.4 Å². The van der Waals surface area contributed by atoms with E-state index in [1.54, 1.807) is 65.4 Å². The lowest BCUT2D eigenvalue weighted by molar-refractivity contribution is -0.664. The first-order valence-electron chi connectivity index (χ1n) is 18.2. The second-order valence-corrected chi connectivity index (χ2v) is 16.1. The Kier molecular flexibility index (Phi) is 14.5. The zero-order chi connectivity index (χ0) is 40.9. The normalized spacial score (nSPS) is 17.1. The van der Waals surface area contributed by atoms with E-state index in [1.165, 1.54) is 16.7 Å². The molecule has 2 unspecified atom stereocenters. The number of aryl methyl sites for hydroxylation is 1. The maximum absolute atomic E-state index is 14.0. The topological polar surface area (TPSA) is 218 Å². The molecule has 21 heteroatoms. The van der Waals surface area contributed by atoms with Crippen LogP contribution < -0.4 is 42.7 Å². The van der Waals surface area contributed by atoms with Crippen LogP contribution in [0.15, 0.2) is 65.3 Å². The highest BCUT2D eigenvalue weighted by atomic mass is 79.9. The number of amides is 3. The Bertz CT molecular complexity index is 2200. The summed E-state index contributed by atoms with van der Waals surface area (Å²) in [6, 6.07) is 9.97. The number of fused-ring (bicyclic) bond motifs is 2. The van der Waals surface area contributed by atoms with Gasteiger partial charge in [0.1, 0.15) is 53.7 Å². The fourth-order valence-electron chi connectivity index (χ4n) is 5.95. The molecular formula is C37H45BrN10O8S2. The van der Waals surface area contributed by atoms with Crippen LogP contribution >= 0.6 is 23.3 Å². The van der Waals surface area contributed by atoms with Gasteiger partial charge in [-0.3, -0.25) is 19.8 Å². The number of imidazole rings is 1. The summed E-state index contributed by atoms with van der Waals surface area (Å²) < 4.78 is 24.5. The smallest absolute Gasteiger partial charge is 0.414 e. The van der Waals surface area contributed by atoms with Crippen molar-refractivity contribution in [3.63, 3.8) is 0 Å². The van der Waals surface area contributed by atoms with Crippen LogP contribution in [0.3, 0.4) is 0 Å². The molecule has 0 saturated carbocycles. The van der Waals surface area contributed by atoms with Crippen molar-refractivity contribution in [2.24, 2.45) is 10.9 Å². The molecule has 1 fully saturated rings. The van der Waals surface area contributed by atoms with Gasteiger partial charge in [0.25, 0.3) is 11.8 Å². The van der Waals surface area contributed by atoms with E-state index in [1.807, 2.05) is 34.4 Å². The molecule has 0 aliphatic carbocycles. The third-order valence-corrected chi connectivity index (χ3v) is 10.6. The van der Waals surface area contributed by atoms with Gasteiger partial charge in [-0.15, -0.1) is 11.8 Å². The van der Waals surface area contributed by atoms with Gasteiger partial charge in [-0.1, -0.05) is 17.3 Å². The van der Waals surface area contributed by atoms with Crippen molar-refractivity contribution >= 4 is 69.2 Å². The van der Waals surface area contributed by atoms with Crippen molar-refractivity contribution in [3.05, 3.63) is 71.6 Å². The number of rotatable bonds is 15. The molecule has 58 heavy (non-hydrogen) atoms. The van der Waals surface area contributed by atoms with Gasteiger partial charge < -0.3 is 51.6 Å². The maximum Gasteiger partial charge on any atom is 0.414 e. The largest absolute Gasteiger partial charge is 1.00 e. The van der Waals surface area contributed by atoms with E-state index in [9.17, 15) is 19.2 Å². The third kappa shape index (κ3) is 10.3. The number of benzene rings is 1. The number of hydrogen-bond donors (Lipinski definition) is 3. The summed E-state index contributed by atoms with van der Waals surface area (Å²) in [5.41, 5.74) is 8.03. The lowest BCUT2D eigenvalue weighted by Crippen LogP contribution is -3.00. The van der Waals surface area contributed by atoms with E-state index in [0.29, 0.717) is 29.3 Å². The Morgan fingerprint density at radius 3 is 2.62 bits per heavy atom. The number of nitrogens with one attached hydrogen (secondary N) is 2. The van der Waals surface area contributed by atoms with Crippen molar-refractivity contribution in [1.29, 1.82) is 0 Å². The van der Waals surface area contributed by atoms with Gasteiger partial charge in [-0.2, -0.15) is 9.36 Å². The zero-order valence-corrected chi connectivity index (χ0v) is 36.0. The van der Waals surface area contributed by atoms with E-state index in [4.69, 9.17) is 24.8 Å². The van der Waals surface area contributed by atoms with E-state index in [2.05, 4.69) is 30.1 Å². The number of carbonyl (C=O) groups is 4. The lowest BCUT2D eigenvalue weighted by Gasteiger charge is -2.49. The summed E-state index contributed by atoms with van der Waals surface area (Å²) in [6.07, 6.45) is 3.66. The quantitative estimate of drug-likeness (QED) is 0.0476. The van der Waals surface area contributed by atoms with E-state index in [0.717, 1.165) is 29.0 Å². The van der Waals surface area contributed by atoms with Gasteiger partial charge >= 0.3 is 17.7 Å². The van der Waals surface area contributed by atoms with E-state index < -0.39 is 40.9 Å². The van der Waals surface area contributed by atoms with Gasteiger partial charge in [0, 0.05) is 35.4 Å². The Hall–Kier alpha value is -5.12. The molecule has 310 valence electrons. The molecule has 4 aromatic rings. The lowest BCUT2D eigenvalue weighted by atomic mass is 10.0. The van der Waals surface area contributed by atoms with Crippen LogP contribution in [0.2, 0.25) is 0 Å². The molecule has 6 rings (SSSR count). The highest BCUT2D eigenvalue weighted by molar-refractivity contribution is 8.00. The highest BCUT2D eigenvalue weighted by Crippen LogP contribution is 2.41. The number of nitrogens with zero attached hydrogens (tertiary/aromatic N) is 7. The number of aromatic nitrogens is 5. The Morgan fingerprint density at radius 2 is 1.93 bits per heavy atom. The van der Waals surface area contributed by atoms with Crippen LogP contribution in [0.4, 0.5) is 9.93 Å². The molecule has 1 saturated heterocycles. The van der Waals surface area contributed by atoms with E-state index in [-0.39, 0.29) is 65.1 Å². The van der Waals surface area contributed by atoms with Gasteiger partial charge in [-0.05, 0) is 75.9 Å². The zero-order valence-electron chi connectivity index (χ0n) is 32.8. The molecule has 2 aliphatic heterocycles. The summed E-state index contributed by atoms with van der Waals surface area (Å²) in [7, 11) is 1.56. The second-order valence-electron chi connectivity index (χ2n) is 14.2. The van der Waals surface area contributed by atoms with Crippen molar-refractivity contribution in [2.45, 2.75) is 83.8 Å². The maximum atomic E-state index is 14.0. The van der Waals surface area contributed by atoms with Crippen molar-refractivity contribution in [2.75, 3.05) is 24.8 Å². The predicted octanol–water partition coefficient (Wildman–Crippen LogP) is 0.110. The first kappa shape index (κ1) is 44.0. The van der Waals surface area contributed by atoms with Crippen LogP contribution in [-0.2, 0) is 48.4 Å². The predicted molar refractivity (Wildman–Crippen MR) is 211 cm³/mol. The minimum absolute atomic E-state index is 0. The number of thioether (sulfide) groups is 1. The molecule has 0 bridgehead atoms. The fourth-order valence-corrected chi connectivity index (χ4v) is 7.84. The summed E-state index contributed by atoms with van der Waals surface area (Å²) in [6.45, 7) is 9.81. The number of ether oxygens (including phenoxy) is 3. The van der Waals surface area contributed by atoms with Gasteiger partial charge in [-0.25, -0.2) is 14.2 Å². The second kappa shape index (κ2) is 19.1. The molecule has 2 aliphatic rings. The number of hydrogen-bond acceptors (Lipinski definition) is 15. The number of pyridine rings is 1. The van der Waals surface area contributed by atoms with Crippen LogP contribution in [-0.4, -0.2) is 95.9 Å². The van der Waals surface area contributed by atoms with Crippen LogP contribution in [0.25, 0.3) is 11.2 Å². The number of β-lactam (4-membered cyclic amide) rings is 1. The summed E-state index contributed by atoms with van der Waals surface area (Å²) >= 11 is 2.20. The number of carbonyl (C=O) groups excluding carboxylic acids is 4. The Labute approximate surface area is 353 Å². The van der Waals surface area contributed by atoms with Crippen molar-refractivity contribution < 1.29 is 59.8 Å². The SMILES string of the molecule is CCO/N=C(\C(=O)NC1C(=O)N2C(C(=O)OCc3ccc(OC)cc3)=C(C[n+]3cccc4c3ncn4CC[C@@H](C)N)CSC12)c1nsc(NC(=O)OC(C)(C)C)n1.[Br-]. The summed E-state index contributed by atoms with van der Waals surface area (Å²) in [5.74, 6) is -1.13. The molecule has 4 N–H and O–H groups in total. The Morgan fingerprint density at radius 1 is 1.17 bits per heavy atom. The monoisotopic (exact) mass is 900 g/mol. The third-order valence-electron chi connectivity index (χ3n) is 8.64. The summed E-state index contributed by atoms with van der Waals surface area (Å²) in [4.78, 5) is 69.5. The van der Waals surface area contributed by atoms with Crippen LogP contribution in [0.5, 0.6) is 5.75 Å². The summed E-state index contributed by atoms with van der Waals surface area (Å²) in [5, 5.41) is 8.55. The number of anilines is 1. The molecule has 3 atom stereocenters. The number of esters is 1. The average Bonchev–Trinajstić information content (AvgIpc) is 3.82. The van der Waals surface area contributed by atoms with Crippen LogP contribution in [0, 0.1) is 0 Å². The van der Waals surface area contributed by atoms with Crippen molar-refractivity contribution in [1.82, 2.24) is 29.1 Å². The Balaban J connectivity index is 0.00000641. The van der Waals surface area contributed by atoms with Gasteiger partial charge in [0.2, 0.25) is 23.0 Å². The van der Waals surface area contributed by atoms with Gasteiger partial charge in [0.15, 0.2) is 0 Å². The standard InChI is InChI=1S/C37H44N10O8S2.BrH/c1-7-54-43-26(29-41-35(57-44-29)42-36(51)55-37(3,4)5)31(48)40-27-32(49)47-28(34(50)53-18-22-10-12-24(52-6)13-11-22)23(19-56-33(27)47)17-45-15-8-9-25-30(45)39-20-46(25)16-14-21(2)38;/h8-13,15,20-21,27,33H,7,14,16-19,38H2,1-6H3,(H-,40,41,42,44,48,51);1H/b43-26-;/t21-,27?,33?;/m1./s1. The highest BCUT2D eigenvalue weighted by Gasteiger charge is 2.55. The molecule has 1 aromatic carbocycles. The first-order valence-corrected chi connectivity index (χ1v) is 20.0. The molecule has 0 radical (unpaired) electrons. The average molecular weight is 902 g/mol. The number of nitrogens with two attached hydrogens (primary N) is 1. The first-order chi connectivity index (χ1) is 27.3. The number of methoxy groups -OCH3 is 1. The van der Waals surface area contributed by atoms with E-state index >= 15 is 0 Å². The number of halogens is 1. The molecule has 3 amide bonds. The molecule has 3 aromatic heterocycles. The van der Waals surface area contributed by atoms with Gasteiger partial charge in [0.05, 0.1) is 13.3 Å². The molecule has 18 nitrogen and oxygen atoms in total. The number of oxime groups is 1. The molecular weight excluding hydrogens is 857 g/mol. The molecule has 5 heterocycles. The minimum atomic E-state index is -1.03. The van der Waals surface area contributed by atoms with Crippen molar-refractivity contribution in [3.8, 4) is 5.75 Å². The minimum Gasteiger partial charge on any atom is -1.00 e.